The molecule has 0 radical (unpaired) electrons. The van der Waals surface area contributed by atoms with Crippen molar-refractivity contribution in [3.05, 3.63) is 23.8 Å². The Labute approximate surface area is 108 Å². The number of phenolic OH excluding ortho intramolecular Hbond substituents is 1. The molecule has 1 aromatic rings. The van der Waals surface area contributed by atoms with Crippen molar-refractivity contribution in [3.63, 3.8) is 0 Å². The smallest absolute Gasteiger partial charge is 0.301 e. The molecule has 1 aromatic carbocycles. The quantitative estimate of drug-likeness (QED) is 0.872. The van der Waals surface area contributed by atoms with Gasteiger partial charge >= 0.3 is 10.2 Å². The number of hydrogen-bond acceptors (Lipinski definition) is 3. The Morgan fingerprint density at radius 1 is 1.39 bits per heavy atom. The molecule has 2 N–H and O–H groups in total. The number of benzene rings is 1. The fourth-order valence-corrected chi connectivity index (χ4v) is 3.74. The lowest BCUT2D eigenvalue weighted by Crippen LogP contribution is -2.45. The molecule has 6 heteroatoms. The normalized spacial score (nSPS) is 15.8. The van der Waals surface area contributed by atoms with E-state index in [9.17, 15) is 13.5 Å². The summed E-state index contributed by atoms with van der Waals surface area (Å²) in [4.78, 5) is 0. The van der Waals surface area contributed by atoms with Crippen molar-refractivity contribution in [2.24, 2.45) is 0 Å². The van der Waals surface area contributed by atoms with Gasteiger partial charge in [-0.15, -0.1) is 0 Å². The van der Waals surface area contributed by atoms with Crippen LogP contribution in [0.25, 0.3) is 0 Å². The maximum atomic E-state index is 12.2. The molecule has 0 unspecified atom stereocenters. The summed E-state index contributed by atoms with van der Waals surface area (Å²) in [6, 6.07) is 4.93. The molecule has 2 rings (SSSR count). The molecule has 18 heavy (non-hydrogen) atoms. The third kappa shape index (κ3) is 2.44. The minimum atomic E-state index is -3.60. The van der Waals surface area contributed by atoms with Crippen LogP contribution in [0.5, 0.6) is 5.75 Å². The Kier molecular flexibility index (Phi) is 3.49. The van der Waals surface area contributed by atoms with Crippen LogP contribution in [0.15, 0.2) is 18.2 Å². The molecule has 0 aliphatic carbocycles. The van der Waals surface area contributed by atoms with Crippen LogP contribution in [0, 0.1) is 0 Å². The topological polar surface area (TPSA) is 69.6 Å². The molecule has 0 aromatic heterocycles. The summed E-state index contributed by atoms with van der Waals surface area (Å²) in [5, 5.41) is 9.89. The van der Waals surface area contributed by atoms with Crippen LogP contribution < -0.4 is 9.03 Å². The monoisotopic (exact) mass is 270 g/mol. The van der Waals surface area contributed by atoms with E-state index in [2.05, 4.69) is 4.72 Å². The molecule has 0 saturated carbocycles. The zero-order valence-electron chi connectivity index (χ0n) is 10.5. The molecule has 1 aliphatic rings. The summed E-state index contributed by atoms with van der Waals surface area (Å²) >= 11 is 0. The van der Waals surface area contributed by atoms with E-state index >= 15 is 0 Å². The summed E-state index contributed by atoms with van der Waals surface area (Å²) in [6.45, 7) is 3.94. The third-order valence-corrected chi connectivity index (χ3v) is 4.54. The zero-order valence-corrected chi connectivity index (χ0v) is 11.4. The van der Waals surface area contributed by atoms with Crippen LogP contribution in [0.2, 0.25) is 0 Å². The first-order chi connectivity index (χ1) is 8.42. The number of nitrogens with zero attached hydrogens (tertiary/aromatic N) is 1. The maximum absolute atomic E-state index is 12.2. The first kappa shape index (κ1) is 13.2. The minimum Gasteiger partial charge on any atom is -0.506 e. The standard InChI is InChI=1S/C12H18N2O3S/c1-9(2)13-18(16,17)14-8-4-6-10-5-3-7-11(15)12(10)14/h3,5,7,9,13,15H,4,6,8H2,1-2H3. The predicted octanol–water partition coefficient (Wildman–Crippen LogP) is 1.39. The third-order valence-electron chi connectivity index (χ3n) is 2.83. The Morgan fingerprint density at radius 2 is 2.11 bits per heavy atom. The van der Waals surface area contributed by atoms with Crippen LogP contribution in [0.1, 0.15) is 25.8 Å². The fraction of sp³-hybridized carbons (Fsp3) is 0.500. The molecular weight excluding hydrogens is 252 g/mol. The van der Waals surface area contributed by atoms with Gasteiger partial charge in [-0.25, -0.2) is 0 Å². The highest BCUT2D eigenvalue weighted by molar-refractivity contribution is 7.90. The molecule has 5 nitrogen and oxygen atoms in total. The van der Waals surface area contributed by atoms with Crippen molar-refractivity contribution in [2.45, 2.75) is 32.7 Å². The molecule has 0 spiro atoms. The average molecular weight is 270 g/mol. The molecule has 1 aliphatic heterocycles. The van der Waals surface area contributed by atoms with Crippen molar-refractivity contribution in [3.8, 4) is 5.75 Å². The predicted molar refractivity (Wildman–Crippen MR) is 71.0 cm³/mol. The van der Waals surface area contributed by atoms with Crippen LogP contribution in [0.3, 0.4) is 0 Å². The van der Waals surface area contributed by atoms with Gasteiger partial charge in [0.15, 0.2) is 0 Å². The maximum Gasteiger partial charge on any atom is 0.301 e. The number of aryl methyl sites for hydroxylation is 1. The number of hydrogen-bond donors (Lipinski definition) is 2. The van der Waals surface area contributed by atoms with Crippen molar-refractivity contribution >= 4 is 15.9 Å². The van der Waals surface area contributed by atoms with Gasteiger partial charge in [0.1, 0.15) is 5.75 Å². The van der Waals surface area contributed by atoms with Crippen LogP contribution >= 0.6 is 0 Å². The van der Waals surface area contributed by atoms with Crippen molar-refractivity contribution < 1.29 is 13.5 Å². The lowest BCUT2D eigenvalue weighted by Gasteiger charge is -2.31. The number of anilines is 1. The second-order valence-electron chi connectivity index (χ2n) is 4.74. The number of nitrogens with one attached hydrogen (secondary N) is 1. The van der Waals surface area contributed by atoms with E-state index < -0.39 is 10.2 Å². The molecule has 0 bridgehead atoms. The van der Waals surface area contributed by atoms with Gasteiger partial charge in [-0.05, 0) is 38.3 Å². The van der Waals surface area contributed by atoms with Gasteiger partial charge < -0.3 is 5.11 Å². The Hall–Kier alpha value is -1.27. The van der Waals surface area contributed by atoms with Gasteiger partial charge in [0.2, 0.25) is 0 Å². The van der Waals surface area contributed by atoms with Crippen molar-refractivity contribution in [1.82, 2.24) is 4.72 Å². The summed E-state index contributed by atoms with van der Waals surface area (Å²) in [5.41, 5.74) is 1.28. The van der Waals surface area contributed by atoms with Crippen molar-refractivity contribution in [1.29, 1.82) is 0 Å². The van der Waals surface area contributed by atoms with Gasteiger partial charge in [0.05, 0.1) is 5.69 Å². The summed E-state index contributed by atoms with van der Waals surface area (Å²) in [5.74, 6) is 0.0151. The van der Waals surface area contributed by atoms with E-state index in [4.69, 9.17) is 0 Å². The van der Waals surface area contributed by atoms with E-state index in [0.717, 1.165) is 18.4 Å². The van der Waals surface area contributed by atoms with Crippen LogP contribution in [-0.4, -0.2) is 26.1 Å². The Bertz CT molecular complexity index is 540. The van der Waals surface area contributed by atoms with E-state index in [0.29, 0.717) is 12.2 Å². The molecular formula is C12H18N2O3S. The molecule has 1 heterocycles. The van der Waals surface area contributed by atoms with Crippen molar-refractivity contribution in [2.75, 3.05) is 10.8 Å². The zero-order chi connectivity index (χ0) is 13.3. The number of para-hydroxylation sites is 1. The molecule has 0 fully saturated rings. The van der Waals surface area contributed by atoms with Crippen LogP contribution in [-0.2, 0) is 16.6 Å². The Balaban J connectivity index is 2.45. The molecule has 0 amide bonds. The van der Waals surface area contributed by atoms with E-state index in [1.807, 2.05) is 6.07 Å². The largest absolute Gasteiger partial charge is 0.506 e. The molecule has 0 saturated heterocycles. The first-order valence-electron chi connectivity index (χ1n) is 6.02. The van der Waals surface area contributed by atoms with Gasteiger partial charge in [-0.3, -0.25) is 4.31 Å². The number of rotatable bonds is 3. The number of phenols is 1. The van der Waals surface area contributed by atoms with E-state index in [1.54, 1.807) is 19.9 Å². The average Bonchev–Trinajstić information content (AvgIpc) is 2.27. The van der Waals surface area contributed by atoms with Gasteiger partial charge in [0.25, 0.3) is 0 Å². The number of fused-ring (bicyclic) bond motifs is 1. The van der Waals surface area contributed by atoms with E-state index in [1.165, 1.54) is 10.4 Å². The first-order valence-corrected chi connectivity index (χ1v) is 7.46. The molecule has 0 atom stereocenters. The fourth-order valence-electron chi connectivity index (χ4n) is 2.19. The lowest BCUT2D eigenvalue weighted by molar-refractivity contribution is 0.472. The van der Waals surface area contributed by atoms with Gasteiger partial charge in [-0.2, -0.15) is 13.1 Å². The highest BCUT2D eigenvalue weighted by Gasteiger charge is 2.29. The minimum absolute atomic E-state index is 0.0151. The summed E-state index contributed by atoms with van der Waals surface area (Å²) < 4.78 is 28.2. The molecule has 100 valence electrons. The highest BCUT2D eigenvalue weighted by atomic mass is 32.2. The summed E-state index contributed by atoms with van der Waals surface area (Å²) in [7, 11) is -3.60. The highest BCUT2D eigenvalue weighted by Crippen LogP contribution is 2.36. The van der Waals surface area contributed by atoms with E-state index in [-0.39, 0.29) is 11.8 Å². The Morgan fingerprint density at radius 3 is 2.78 bits per heavy atom. The SMILES string of the molecule is CC(C)NS(=O)(=O)N1CCCc2cccc(O)c21. The summed E-state index contributed by atoms with van der Waals surface area (Å²) in [6.07, 6.45) is 1.55. The van der Waals surface area contributed by atoms with Gasteiger partial charge in [-0.1, -0.05) is 12.1 Å². The van der Waals surface area contributed by atoms with Crippen LogP contribution in [0.4, 0.5) is 5.69 Å². The number of aromatic hydroxyl groups is 1. The second kappa shape index (κ2) is 4.78. The lowest BCUT2D eigenvalue weighted by atomic mass is 10.0. The second-order valence-corrected chi connectivity index (χ2v) is 6.36. The van der Waals surface area contributed by atoms with Gasteiger partial charge in [0, 0.05) is 12.6 Å².